The van der Waals surface area contributed by atoms with Crippen LogP contribution in [0.5, 0.6) is 0 Å². The number of hydrogen-bond acceptors (Lipinski definition) is 6. The molecule has 1 aromatic rings. The molecule has 0 saturated carbocycles. The van der Waals surface area contributed by atoms with Gasteiger partial charge in [-0.05, 0) is 0 Å². The van der Waals surface area contributed by atoms with Crippen LogP contribution in [0.1, 0.15) is 5.69 Å². The van der Waals surface area contributed by atoms with Gasteiger partial charge in [-0.3, -0.25) is 0 Å². The van der Waals surface area contributed by atoms with Gasteiger partial charge in [-0.2, -0.15) is 22.5 Å². The first-order valence-corrected chi connectivity index (χ1v) is 7.84. The summed E-state index contributed by atoms with van der Waals surface area (Å²) in [7, 11) is -3.30. The molecule has 7 nitrogen and oxygen atoms in total. The molecule has 0 aliphatic carbocycles. The lowest BCUT2D eigenvalue weighted by atomic mass is 10.3. The molecule has 2 N–H and O–H groups in total. The van der Waals surface area contributed by atoms with Crippen LogP contribution >= 0.6 is 0 Å². The van der Waals surface area contributed by atoms with Crippen LogP contribution in [0, 0.1) is 0 Å². The predicted molar refractivity (Wildman–Crippen MR) is 70.1 cm³/mol. The molecule has 0 bridgehead atoms. The fourth-order valence-corrected chi connectivity index (χ4v) is 2.84. The second kappa shape index (κ2) is 5.30. The monoisotopic (exact) mass is 325 g/mol. The molecule has 1 saturated heterocycles. The molecule has 1 aliphatic rings. The minimum absolute atomic E-state index is 0.0444. The third kappa shape index (κ3) is 3.73. The number of piperazine rings is 1. The number of nitrogens with zero attached hydrogens (tertiary/aromatic N) is 4. The maximum absolute atomic E-state index is 12.7. The van der Waals surface area contributed by atoms with Gasteiger partial charge in [0, 0.05) is 32.2 Å². The number of nitrogen functional groups attached to an aromatic ring is 1. The van der Waals surface area contributed by atoms with Crippen molar-refractivity contribution in [2.24, 2.45) is 0 Å². The number of anilines is 2. The minimum atomic E-state index is -4.61. The summed E-state index contributed by atoms with van der Waals surface area (Å²) < 4.78 is 62.1. The summed E-state index contributed by atoms with van der Waals surface area (Å²) in [4.78, 5) is 8.50. The smallest absolute Gasteiger partial charge is 0.368 e. The van der Waals surface area contributed by atoms with Crippen molar-refractivity contribution in [3.05, 3.63) is 11.8 Å². The van der Waals surface area contributed by atoms with Crippen LogP contribution in [0.25, 0.3) is 0 Å². The highest BCUT2D eigenvalue weighted by atomic mass is 32.2. The van der Waals surface area contributed by atoms with Crippen molar-refractivity contribution in [2.75, 3.05) is 43.1 Å². The number of alkyl halides is 3. The molecular weight excluding hydrogens is 311 g/mol. The third-order valence-electron chi connectivity index (χ3n) is 3.05. The van der Waals surface area contributed by atoms with E-state index in [1.807, 2.05) is 0 Å². The molecule has 0 unspecified atom stereocenters. The van der Waals surface area contributed by atoms with Gasteiger partial charge in [0.15, 0.2) is 5.69 Å². The summed E-state index contributed by atoms with van der Waals surface area (Å²) in [5.74, 6) is -0.423. The Balaban J connectivity index is 2.19. The zero-order valence-electron chi connectivity index (χ0n) is 11.1. The van der Waals surface area contributed by atoms with E-state index in [2.05, 4.69) is 9.97 Å². The van der Waals surface area contributed by atoms with Crippen molar-refractivity contribution in [1.29, 1.82) is 0 Å². The Morgan fingerprint density at radius 1 is 1.19 bits per heavy atom. The van der Waals surface area contributed by atoms with Crippen LogP contribution in [0.2, 0.25) is 0 Å². The van der Waals surface area contributed by atoms with Gasteiger partial charge in [-0.15, -0.1) is 0 Å². The Morgan fingerprint density at radius 3 is 2.24 bits per heavy atom. The Hall–Kier alpha value is -1.62. The van der Waals surface area contributed by atoms with Crippen LogP contribution in [0.4, 0.5) is 24.9 Å². The highest BCUT2D eigenvalue weighted by Crippen LogP contribution is 2.30. The minimum Gasteiger partial charge on any atom is -0.368 e. The van der Waals surface area contributed by atoms with Gasteiger partial charge in [-0.25, -0.2) is 13.4 Å². The molecule has 21 heavy (non-hydrogen) atoms. The van der Waals surface area contributed by atoms with Crippen LogP contribution in [0.3, 0.4) is 0 Å². The first-order chi connectivity index (χ1) is 9.57. The molecule has 0 radical (unpaired) electrons. The van der Waals surface area contributed by atoms with E-state index in [0.29, 0.717) is 0 Å². The topological polar surface area (TPSA) is 92.4 Å². The number of sulfonamides is 1. The molecule has 0 atom stereocenters. The third-order valence-corrected chi connectivity index (χ3v) is 4.36. The quantitative estimate of drug-likeness (QED) is 0.833. The van der Waals surface area contributed by atoms with Crippen molar-refractivity contribution >= 4 is 21.8 Å². The Labute approximate surface area is 119 Å². The maximum atomic E-state index is 12.7. The van der Waals surface area contributed by atoms with Gasteiger partial charge >= 0.3 is 6.18 Å². The molecule has 0 amide bonds. The SMILES string of the molecule is CS(=O)(=O)N1CCN(c2cc(C(F)(F)F)nc(N)n2)CC1. The molecule has 2 heterocycles. The van der Waals surface area contributed by atoms with E-state index in [4.69, 9.17) is 5.73 Å². The second-order valence-electron chi connectivity index (χ2n) is 4.62. The van der Waals surface area contributed by atoms with E-state index >= 15 is 0 Å². The summed E-state index contributed by atoms with van der Waals surface area (Å²) in [6.45, 7) is 0.843. The average Bonchev–Trinajstić information content (AvgIpc) is 2.36. The summed E-state index contributed by atoms with van der Waals surface area (Å²) in [5, 5.41) is 0. The number of nitrogens with two attached hydrogens (primary N) is 1. The summed E-state index contributed by atoms with van der Waals surface area (Å²) in [6.07, 6.45) is -3.52. The molecule has 1 aromatic heterocycles. The highest BCUT2D eigenvalue weighted by Gasteiger charge is 2.34. The number of rotatable bonds is 2. The Kier molecular flexibility index (Phi) is 3.97. The molecule has 1 aliphatic heterocycles. The number of hydrogen-bond donors (Lipinski definition) is 1. The van der Waals surface area contributed by atoms with Crippen molar-refractivity contribution in [2.45, 2.75) is 6.18 Å². The van der Waals surface area contributed by atoms with Gasteiger partial charge in [0.2, 0.25) is 16.0 Å². The number of halogens is 3. The predicted octanol–water partition coefficient (Wildman–Crippen LogP) is 0.159. The fourth-order valence-electron chi connectivity index (χ4n) is 2.01. The maximum Gasteiger partial charge on any atom is 0.433 e. The van der Waals surface area contributed by atoms with E-state index in [-0.39, 0.29) is 32.0 Å². The lowest BCUT2D eigenvalue weighted by molar-refractivity contribution is -0.141. The normalized spacial score (nSPS) is 18.0. The zero-order valence-corrected chi connectivity index (χ0v) is 11.9. The second-order valence-corrected chi connectivity index (χ2v) is 6.60. The van der Waals surface area contributed by atoms with Crippen molar-refractivity contribution in [3.63, 3.8) is 0 Å². The molecule has 2 rings (SSSR count). The lowest BCUT2D eigenvalue weighted by Crippen LogP contribution is -2.48. The zero-order chi connectivity index (χ0) is 15.8. The van der Waals surface area contributed by atoms with Crippen LogP contribution < -0.4 is 10.6 Å². The van der Waals surface area contributed by atoms with Crippen molar-refractivity contribution in [3.8, 4) is 0 Å². The summed E-state index contributed by atoms with van der Waals surface area (Å²) in [6, 6.07) is 0.812. The molecule has 118 valence electrons. The summed E-state index contributed by atoms with van der Waals surface area (Å²) in [5.41, 5.74) is 4.19. The van der Waals surface area contributed by atoms with Crippen molar-refractivity contribution in [1.82, 2.24) is 14.3 Å². The van der Waals surface area contributed by atoms with Crippen LogP contribution in [-0.2, 0) is 16.2 Å². The average molecular weight is 325 g/mol. The van der Waals surface area contributed by atoms with Crippen LogP contribution in [0.15, 0.2) is 6.07 Å². The van der Waals surface area contributed by atoms with E-state index < -0.39 is 27.8 Å². The van der Waals surface area contributed by atoms with Gasteiger partial charge in [-0.1, -0.05) is 0 Å². The molecule has 0 spiro atoms. The van der Waals surface area contributed by atoms with Gasteiger partial charge in [0.25, 0.3) is 0 Å². The number of aromatic nitrogens is 2. The molecular formula is C10H14F3N5O2S. The van der Waals surface area contributed by atoms with Gasteiger partial charge < -0.3 is 10.6 Å². The summed E-state index contributed by atoms with van der Waals surface area (Å²) >= 11 is 0. The Bertz CT molecular complexity index is 626. The first-order valence-electron chi connectivity index (χ1n) is 5.99. The van der Waals surface area contributed by atoms with Gasteiger partial charge in [0.05, 0.1) is 6.26 Å². The fraction of sp³-hybridized carbons (Fsp3) is 0.600. The van der Waals surface area contributed by atoms with E-state index in [1.165, 1.54) is 4.31 Å². The first kappa shape index (κ1) is 15.8. The standard InChI is InChI=1S/C10H14F3N5O2S/c1-21(19,20)18-4-2-17(3-5-18)8-6-7(10(11,12)13)15-9(14)16-8/h6H,2-5H2,1H3,(H2,14,15,16). The molecule has 11 heteroatoms. The molecule has 0 aromatic carbocycles. The lowest BCUT2D eigenvalue weighted by Gasteiger charge is -2.34. The van der Waals surface area contributed by atoms with E-state index in [1.54, 1.807) is 4.90 Å². The van der Waals surface area contributed by atoms with E-state index in [9.17, 15) is 21.6 Å². The van der Waals surface area contributed by atoms with Crippen LogP contribution in [-0.4, -0.2) is 55.1 Å². The van der Waals surface area contributed by atoms with Crippen molar-refractivity contribution < 1.29 is 21.6 Å². The largest absolute Gasteiger partial charge is 0.433 e. The van der Waals surface area contributed by atoms with E-state index in [0.717, 1.165) is 12.3 Å². The Morgan fingerprint density at radius 2 is 1.76 bits per heavy atom. The van der Waals surface area contributed by atoms with Gasteiger partial charge in [0.1, 0.15) is 5.82 Å². The molecule has 1 fully saturated rings. The highest BCUT2D eigenvalue weighted by molar-refractivity contribution is 7.88.